The van der Waals surface area contributed by atoms with E-state index in [1.807, 2.05) is 55.5 Å². The fourth-order valence-electron chi connectivity index (χ4n) is 1.65. The van der Waals surface area contributed by atoms with Crippen LogP contribution in [-0.4, -0.2) is 6.69 Å². The van der Waals surface area contributed by atoms with E-state index in [9.17, 15) is 0 Å². The minimum Gasteiger partial charge on any atom is -0.134 e. The van der Waals surface area contributed by atoms with Crippen LogP contribution in [0.15, 0.2) is 54.6 Å². The van der Waals surface area contributed by atoms with Crippen LogP contribution < -0.4 is 10.4 Å². The van der Waals surface area contributed by atoms with Gasteiger partial charge in [0.05, 0.1) is 0 Å². The number of halogens is 2. The molecule has 0 nitrogen and oxygen atoms in total. The second-order valence-corrected chi connectivity index (χ2v) is 10.1. The van der Waals surface area contributed by atoms with Crippen molar-refractivity contribution < 1.29 is 0 Å². The predicted molar refractivity (Wildman–Crippen MR) is 74.3 cm³/mol. The van der Waals surface area contributed by atoms with E-state index in [0.717, 1.165) is 10.4 Å². The maximum Gasteiger partial charge on any atom is 0.310 e. The molecule has 82 valence electrons. The zero-order valence-corrected chi connectivity index (χ0v) is 11.5. The second-order valence-electron chi connectivity index (χ2n) is 3.81. The van der Waals surface area contributed by atoms with Crippen LogP contribution in [0.4, 0.5) is 0 Å². The number of rotatable bonds is 2. The van der Waals surface area contributed by atoms with E-state index in [1.165, 1.54) is 5.56 Å². The summed E-state index contributed by atoms with van der Waals surface area (Å²) in [6.07, 6.45) is 0. The summed E-state index contributed by atoms with van der Waals surface area (Å²) in [4.78, 5) is 0. The van der Waals surface area contributed by atoms with Crippen molar-refractivity contribution in [2.75, 3.05) is 0 Å². The summed E-state index contributed by atoms with van der Waals surface area (Å²) in [7, 11) is 0. The molecule has 0 aliphatic rings. The molecule has 0 amide bonds. The van der Waals surface area contributed by atoms with Gasteiger partial charge in [-0.2, -0.15) is 0 Å². The Bertz CT molecular complexity index is 480. The molecular weight excluding hydrogens is 255 g/mol. The quantitative estimate of drug-likeness (QED) is 0.579. The van der Waals surface area contributed by atoms with Crippen LogP contribution in [0, 0.1) is 6.92 Å². The summed E-state index contributed by atoms with van der Waals surface area (Å²) in [5.74, 6) is 0. The summed E-state index contributed by atoms with van der Waals surface area (Å²) in [6.45, 7) is -0.494. The van der Waals surface area contributed by atoms with Crippen LogP contribution in [-0.2, 0) is 0 Å². The van der Waals surface area contributed by atoms with Gasteiger partial charge in [0.15, 0.2) is 0 Å². The van der Waals surface area contributed by atoms with Crippen LogP contribution in [0.5, 0.6) is 0 Å². The number of hydrogen-bond donors (Lipinski definition) is 0. The maximum absolute atomic E-state index is 6.56. The largest absolute Gasteiger partial charge is 0.310 e. The highest BCUT2D eigenvalue weighted by atomic mass is 35.7. The van der Waals surface area contributed by atoms with Gasteiger partial charge in [0.1, 0.15) is 0 Å². The number of aryl methyl sites for hydroxylation is 1. The molecule has 0 spiro atoms. The molecular formula is C13H12Cl2Si. The van der Waals surface area contributed by atoms with Crippen LogP contribution in [0.1, 0.15) is 5.56 Å². The molecule has 2 aromatic carbocycles. The summed E-state index contributed by atoms with van der Waals surface area (Å²) in [5.41, 5.74) is 1.19. The van der Waals surface area contributed by atoms with Gasteiger partial charge >= 0.3 is 6.69 Å². The lowest BCUT2D eigenvalue weighted by molar-refractivity contribution is 1.49. The van der Waals surface area contributed by atoms with Crippen LogP contribution in [0.2, 0.25) is 0 Å². The normalized spacial score (nSPS) is 11.4. The summed E-state index contributed by atoms with van der Waals surface area (Å²) >= 11 is 13.1. The smallest absolute Gasteiger partial charge is 0.134 e. The topological polar surface area (TPSA) is 0 Å². The molecule has 0 saturated heterocycles. The lowest BCUT2D eigenvalue weighted by atomic mass is 10.2. The highest BCUT2D eigenvalue weighted by molar-refractivity contribution is 7.56. The highest BCUT2D eigenvalue weighted by Gasteiger charge is 2.33. The Balaban J connectivity index is 2.47. The Morgan fingerprint density at radius 3 is 2.06 bits per heavy atom. The van der Waals surface area contributed by atoms with Crippen molar-refractivity contribution in [2.45, 2.75) is 6.92 Å². The molecule has 0 heterocycles. The van der Waals surface area contributed by atoms with Gasteiger partial charge in [-0.3, -0.25) is 0 Å². The summed E-state index contributed by atoms with van der Waals surface area (Å²) < 4.78 is 0. The molecule has 2 aromatic rings. The van der Waals surface area contributed by atoms with E-state index in [1.54, 1.807) is 0 Å². The minimum atomic E-state index is -2.54. The Kier molecular flexibility index (Phi) is 3.38. The zero-order chi connectivity index (χ0) is 11.6. The standard InChI is InChI=1S/C13H12Cl2Si/c1-11-6-5-9-13(10-11)16(14,15)12-7-3-2-4-8-12/h2-10H,1H3. The molecule has 0 aromatic heterocycles. The van der Waals surface area contributed by atoms with Crippen LogP contribution in [0.25, 0.3) is 0 Å². The summed E-state index contributed by atoms with van der Waals surface area (Å²) in [5, 5.41) is 2.07. The van der Waals surface area contributed by atoms with Crippen molar-refractivity contribution in [3.05, 3.63) is 60.2 Å². The Morgan fingerprint density at radius 1 is 0.812 bits per heavy atom. The monoisotopic (exact) mass is 266 g/mol. The molecule has 0 fully saturated rings. The lowest BCUT2D eigenvalue weighted by Crippen LogP contribution is -2.48. The Labute approximate surface area is 106 Å². The van der Waals surface area contributed by atoms with E-state index in [4.69, 9.17) is 22.2 Å². The first kappa shape index (κ1) is 11.7. The first-order chi connectivity index (χ1) is 7.60. The molecule has 16 heavy (non-hydrogen) atoms. The maximum atomic E-state index is 6.56. The van der Waals surface area contributed by atoms with E-state index < -0.39 is 6.69 Å². The first-order valence-corrected chi connectivity index (χ1v) is 9.13. The first-order valence-electron chi connectivity index (χ1n) is 5.11. The third kappa shape index (κ3) is 2.32. The SMILES string of the molecule is Cc1cccc([Si](Cl)(Cl)c2ccccc2)c1. The van der Waals surface area contributed by atoms with Crippen molar-refractivity contribution >= 4 is 39.2 Å². The van der Waals surface area contributed by atoms with Gasteiger partial charge in [-0.15, -0.1) is 22.2 Å². The fourth-order valence-corrected chi connectivity index (χ4v) is 4.77. The van der Waals surface area contributed by atoms with Gasteiger partial charge in [0.25, 0.3) is 0 Å². The van der Waals surface area contributed by atoms with Crippen molar-refractivity contribution in [1.29, 1.82) is 0 Å². The average Bonchev–Trinajstić information content (AvgIpc) is 2.30. The van der Waals surface area contributed by atoms with E-state index >= 15 is 0 Å². The third-order valence-corrected chi connectivity index (χ3v) is 7.23. The molecule has 0 aliphatic heterocycles. The van der Waals surface area contributed by atoms with E-state index in [2.05, 4.69) is 6.07 Å². The average molecular weight is 267 g/mol. The zero-order valence-electron chi connectivity index (χ0n) is 8.95. The van der Waals surface area contributed by atoms with E-state index in [0.29, 0.717) is 0 Å². The molecule has 0 atom stereocenters. The molecule has 0 saturated carbocycles. The second kappa shape index (κ2) is 4.62. The molecule has 3 heteroatoms. The Morgan fingerprint density at radius 2 is 1.44 bits per heavy atom. The number of benzene rings is 2. The van der Waals surface area contributed by atoms with Crippen molar-refractivity contribution in [2.24, 2.45) is 0 Å². The van der Waals surface area contributed by atoms with Gasteiger partial charge in [-0.05, 0) is 17.3 Å². The predicted octanol–water partition coefficient (Wildman–Crippen LogP) is 3.03. The molecule has 0 N–H and O–H groups in total. The van der Waals surface area contributed by atoms with Crippen molar-refractivity contribution in [3.8, 4) is 0 Å². The van der Waals surface area contributed by atoms with Gasteiger partial charge in [0, 0.05) is 0 Å². The molecule has 2 rings (SSSR count). The van der Waals surface area contributed by atoms with Crippen molar-refractivity contribution in [3.63, 3.8) is 0 Å². The van der Waals surface area contributed by atoms with Gasteiger partial charge in [-0.25, -0.2) is 0 Å². The van der Waals surface area contributed by atoms with Crippen molar-refractivity contribution in [1.82, 2.24) is 0 Å². The lowest BCUT2D eigenvalue weighted by Gasteiger charge is -2.17. The number of hydrogen-bond acceptors (Lipinski definition) is 0. The van der Waals surface area contributed by atoms with Crippen LogP contribution >= 0.6 is 22.2 Å². The summed E-state index contributed by atoms with van der Waals surface area (Å²) in [6, 6.07) is 18.0. The minimum absolute atomic E-state index is 1.03. The molecule has 0 aliphatic carbocycles. The van der Waals surface area contributed by atoms with Gasteiger partial charge in [0.2, 0.25) is 0 Å². The Hall–Kier alpha value is -0.763. The molecule has 0 bridgehead atoms. The van der Waals surface area contributed by atoms with Gasteiger partial charge in [-0.1, -0.05) is 60.2 Å². The fraction of sp³-hybridized carbons (Fsp3) is 0.0769. The highest BCUT2D eigenvalue weighted by Crippen LogP contribution is 2.15. The third-order valence-electron chi connectivity index (χ3n) is 2.52. The molecule has 0 unspecified atom stereocenters. The van der Waals surface area contributed by atoms with Gasteiger partial charge < -0.3 is 0 Å². The molecule has 0 radical (unpaired) electrons. The van der Waals surface area contributed by atoms with E-state index in [-0.39, 0.29) is 0 Å². The van der Waals surface area contributed by atoms with Crippen LogP contribution in [0.3, 0.4) is 0 Å².